The van der Waals surface area contributed by atoms with Gasteiger partial charge in [-0.05, 0) is 18.6 Å². The Balaban J connectivity index is 0.00000364. The molecule has 0 spiro atoms. The fourth-order valence-corrected chi connectivity index (χ4v) is 3.59. The summed E-state index contributed by atoms with van der Waals surface area (Å²) in [4.78, 5) is 26.0. The van der Waals surface area contributed by atoms with E-state index in [-0.39, 0.29) is 37.3 Å². The van der Waals surface area contributed by atoms with E-state index in [1.807, 2.05) is 6.92 Å². The number of hydrogen-bond donors (Lipinski definition) is 2. The first kappa shape index (κ1) is 23.6. The molecule has 2 amide bonds. The van der Waals surface area contributed by atoms with Crippen LogP contribution in [0.15, 0.2) is 12.1 Å². The predicted molar refractivity (Wildman–Crippen MR) is 103 cm³/mol. The van der Waals surface area contributed by atoms with Crippen molar-refractivity contribution < 1.29 is 22.8 Å². The molecule has 0 aliphatic carbocycles. The molecule has 1 aromatic rings. The van der Waals surface area contributed by atoms with Gasteiger partial charge in [-0.1, -0.05) is 6.92 Å². The van der Waals surface area contributed by atoms with Gasteiger partial charge in [0, 0.05) is 37.1 Å². The third kappa shape index (κ3) is 6.90. The van der Waals surface area contributed by atoms with E-state index < -0.39 is 29.0 Å². The number of nitrogens with one attached hydrogen (secondary N) is 2. The average molecular weight is 426 g/mol. The third-order valence-corrected chi connectivity index (χ3v) is 5.04. The van der Waals surface area contributed by atoms with Crippen LogP contribution in [0.5, 0.6) is 0 Å². The molecule has 1 aliphatic heterocycles. The van der Waals surface area contributed by atoms with E-state index in [0.29, 0.717) is 13.0 Å². The zero-order valence-electron chi connectivity index (χ0n) is 14.9. The predicted octanol–water partition coefficient (Wildman–Crippen LogP) is 2.80. The van der Waals surface area contributed by atoms with Crippen LogP contribution in [0.2, 0.25) is 0 Å². The van der Waals surface area contributed by atoms with Crippen molar-refractivity contribution >= 4 is 41.7 Å². The van der Waals surface area contributed by atoms with Crippen LogP contribution in [0.4, 0.5) is 18.9 Å². The molecule has 1 atom stereocenters. The van der Waals surface area contributed by atoms with Crippen LogP contribution in [0.3, 0.4) is 0 Å². The highest BCUT2D eigenvalue weighted by molar-refractivity contribution is 7.99. The number of benzene rings is 1. The van der Waals surface area contributed by atoms with Gasteiger partial charge >= 0.3 is 0 Å². The summed E-state index contributed by atoms with van der Waals surface area (Å²) in [5.41, 5.74) is -0.455. The minimum absolute atomic E-state index is 0. The average Bonchev–Trinajstić information content (AvgIpc) is 2.62. The van der Waals surface area contributed by atoms with Gasteiger partial charge in [-0.25, -0.2) is 13.2 Å². The van der Waals surface area contributed by atoms with Crippen molar-refractivity contribution in [2.75, 3.05) is 36.5 Å². The Morgan fingerprint density at radius 2 is 2.04 bits per heavy atom. The molecule has 1 aliphatic rings. The zero-order chi connectivity index (χ0) is 19.1. The van der Waals surface area contributed by atoms with Gasteiger partial charge in [-0.2, -0.15) is 11.8 Å². The van der Waals surface area contributed by atoms with Crippen LogP contribution in [0, 0.1) is 17.5 Å². The number of hydrogen-bond acceptors (Lipinski definition) is 4. The van der Waals surface area contributed by atoms with Gasteiger partial charge in [0.2, 0.25) is 11.8 Å². The smallest absolute Gasteiger partial charge is 0.244 e. The van der Waals surface area contributed by atoms with Crippen molar-refractivity contribution in [1.82, 2.24) is 10.2 Å². The molecule has 1 saturated heterocycles. The third-order valence-electron chi connectivity index (χ3n) is 3.91. The fourth-order valence-electron chi connectivity index (χ4n) is 2.64. The lowest BCUT2D eigenvalue weighted by Gasteiger charge is -2.27. The second-order valence-corrected chi connectivity index (χ2v) is 7.17. The summed E-state index contributed by atoms with van der Waals surface area (Å²) in [6, 6.07) is 1.74. The Morgan fingerprint density at radius 3 is 2.67 bits per heavy atom. The molecule has 1 fully saturated rings. The van der Waals surface area contributed by atoms with Gasteiger partial charge in [0.15, 0.2) is 17.5 Å². The first-order valence-electron chi connectivity index (χ1n) is 8.44. The fraction of sp³-hybridized carbons (Fsp3) is 0.529. The van der Waals surface area contributed by atoms with Crippen molar-refractivity contribution in [3.63, 3.8) is 0 Å². The largest absolute Gasteiger partial charge is 0.333 e. The Kier molecular flexibility index (Phi) is 9.97. The maximum atomic E-state index is 13.7. The van der Waals surface area contributed by atoms with Gasteiger partial charge in [0.25, 0.3) is 0 Å². The molecule has 1 heterocycles. The van der Waals surface area contributed by atoms with Crippen molar-refractivity contribution in [3.8, 4) is 0 Å². The van der Waals surface area contributed by atoms with Crippen molar-refractivity contribution in [2.45, 2.75) is 25.8 Å². The topological polar surface area (TPSA) is 61.4 Å². The molecule has 2 N–H and O–H groups in total. The van der Waals surface area contributed by atoms with Crippen LogP contribution >= 0.6 is 24.2 Å². The second-order valence-electron chi connectivity index (χ2n) is 6.02. The number of carbonyl (C=O) groups is 2. The van der Waals surface area contributed by atoms with E-state index in [9.17, 15) is 22.8 Å². The Labute approximate surface area is 166 Å². The van der Waals surface area contributed by atoms with E-state index in [2.05, 4.69) is 10.6 Å². The Hall–Kier alpha value is -1.45. The lowest BCUT2D eigenvalue weighted by atomic mass is 10.2. The maximum Gasteiger partial charge on any atom is 0.244 e. The summed E-state index contributed by atoms with van der Waals surface area (Å²) in [5.74, 6) is -3.44. The number of amides is 2. The van der Waals surface area contributed by atoms with E-state index in [0.717, 1.165) is 30.2 Å². The summed E-state index contributed by atoms with van der Waals surface area (Å²) in [6.45, 7) is 2.82. The molecule has 27 heavy (non-hydrogen) atoms. The minimum Gasteiger partial charge on any atom is -0.333 e. The number of nitrogens with zero attached hydrogens (tertiary/aromatic N) is 1. The molecular weight excluding hydrogens is 403 g/mol. The summed E-state index contributed by atoms with van der Waals surface area (Å²) >= 11 is 1.77. The molecule has 10 heteroatoms. The zero-order valence-corrected chi connectivity index (χ0v) is 16.5. The monoisotopic (exact) mass is 425 g/mol. The second kappa shape index (κ2) is 11.4. The highest BCUT2D eigenvalue weighted by Gasteiger charge is 2.23. The Bertz CT molecular complexity index is 661. The summed E-state index contributed by atoms with van der Waals surface area (Å²) < 4.78 is 39.8. The number of halogens is 4. The minimum atomic E-state index is -1.65. The van der Waals surface area contributed by atoms with Crippen LogP contribution in [0.25, 0.3) is 0 Å². The van der Waals surface area contributed by atoms with Crippen molar-refractivity contribution in [1.29, 1.82) is 0 Å². The molecule has 2 rings (SSSR count). The van der Waals surface area contributed by atoms with Gasteiger partial charge in [-0.15, -0.1) is 12.4 Å². The number of rotatable bonds is 7. The van der Waals surface area contributed by atoms with Gasteiger partial charge in [-0.3, -0.25) is 9.59 Å². The number of carbonyl (C=O) groups excluding carboxylic acids is 2. The highest BCUT2D eigenvalue weighted by atomic mass is 35.5. The Morgan fingerprint density at radius 1 is 1.30 bits per heavy atom. The number of thioether (sulfide) groups is 1. The van der Waals surface area contributed by atoms with E-state index in [1.54, 1.807) is 11.8 Å². The van der Waals surface area contributed by atoms with Gasteiger partial charge < -0.3 is 15.5 Å². The lowest BCUT2D eigenvalue weighted by molar-refractivity contribution is -0.135. The van der Waals surface area contributed by atoms with E-state index in [1.165, 1.54) is 4.90 Å². The maximum absolute atomic E-state index is 13.7. The quantitative estimate of drug-likeness (QED) is 0.659. The lowest BCUT2D eigenvalue weighted by Crippen LogP contribution is -2.44. The molecule has 152 valence electrons. The summed E-state index contributed by atoms with van der Waals surface area (Å²) in [6.07, 6.45) is 0.936. The number of anilines is 1. The van der Waals surface area contributed by atoms with Crippen LogP contribution in [-0.4, -0.2) is 53.9 Å². The van der Waals surface area contributed by atoms with Gasteiger partial charge in [0.1, 0.15) is 0 Å². The van der Waals surface area contributed by atoms with Crippen molar-refractivity contribution in [3.05, 3.63) is 29.6 Å². The first-order chi connectivity index (χ1) is 12.4. The summed E-state index contributed by atoms with van der Waals surface area (Å²) in [7, 11) is 0. The van der Waals surface area contributed by atoms with Crippen LogP contribution in [-0.2, 0) is 9.59 Å². The molecule has 1 unspecified atom stereocenters. The van der Waals surface area contributed by atoms with Crippen LogP contribution in [0.1, 0.15) is 19.8 Å². The summed E-state index contributed by atoms with van der Waals surface area (Å²) in [5, 5.41) is 5.45. The SMILES string of the molecule is CCCN(CC(=O)Nc1ccc(F)c(F)c1F)C(=O)CC1CSCCN1.Cl. The standard InChI is InChI=1S/C17H22F3N3O2S.ClH/c1-2-6-23(15(25)8-11-10-26-7-5-21-11)9-14(24)22-13-4-3-12(18)16(19)17(13)20;/h3-4,11,21H,2,5-10H2,1H3,(H,22,24);1H. The highest BCUT2D eigenvalue weighted by Crippen LogP contribution is 2.19. The normalized spacial score (nSPS) is 16.4. The first-order valence-corrected chi connectivity index (χ1v) is 9.60. The van der Waals surface area contributed by atoms with Crippen LogP contribution < -0.4 is 10.6 Å². The molecule has 0 bridgehead atoms. The van der Waals surface area contributed by atoms with E-state index >= 15 is 0 Å². The van der Waals surface area contributed by atoms with E-state index in [4.69, 9.17) is 0 Å². The molecule has 0 radical (unpaired) electrons. The molecule has 1 aromatic carbocycles. The molecule has 0 aromatic heterocycles. The molecular formula is C17H23ClF3N3O2S. The van der Waals surface area contributed by atoms with Crippen molar-refractivity contribution in [2.24, 2.45) is 0 Å². The molecule has 0 saturated carbocycles. The molecule has 5 nitrogen and oxygen atoms in total. The van der Waals surface area contributed by atoms with Gasteiger partial charge in [0.05, 0.1) is 12.2 Å².